The molecule has 0 aromatic rings. The normalized spacial score (nSPS) is 13.0. The van der Waals surface area contributed by atoms with Crippen molar-refractivity contribution in [3.8, 4) is 0 Å². The van der Waals surface area contributed by atoms with Crippen LogP contribution in [-0.2, 0) is 0 Å². The maximum absolute atomic E-state index is 7.07. The smallest absolute Gasteiger partial charge is 0.0916 e. The van der Waals surface area contributed by atoms with Gasteiger partial charge in [0, 0.05) is 11.7 Å². The van der Waals surface area contributed by atoms with Crippen molar-refractivity contribution >= 4 is 17.6 Å². The van der Waals surface area contributed by atoms with Gasteiger partial charge in [-0.1, -0.05) is 13.8 Å². The Kier molecular flexibility index (Phi) is 5.49. The van der Waals surface area contributed by atoms with Gasteiger partial charge in [-0.3, -0.25) is 5.41 Å². The molecule has 0 aliphatic heterocycles. The minimum atomic E-state index is 0.313. The number of hydrogen-bond acceptors (Lipinski definition) is 2. The fourth-order valence-electron chi connectivity index (χ4n) is 0.802. The zero-order chi connectivity index (χ0) is 7.98. The minimum Gasteiger partial charge on any atom is -0.388 e. The van der Waals surface area contributed by atoms with Gasteiger partial charge in [-0.05, 0) is 12.2 Å². The highest BCUT2D eigenvalue weighted by Gasteiger charge is 2.05. The quantitative estimate of drug-likeness (QED) is 0.476. The lowest BCUT2D eigenvalue weighted by molar-refractivity contribution is 0.849. The Morgan fingerprint density at radius 1 is 1.60 bits per heavy atom. The second-order valence-electron chi connectivity index (χ2n) is 2.21. The van der Waals surface area contributed by atoms with Crippen LogP contribution in [0.5, 0.6) is 0 Å². The first-order chi connectivity index (χ1) is 4.70. The largest absolute Gasteiger partial charge is 0.388 e. The zero-order valence-corrected chi connectivity index (χ0v) is 7.50. The predicted octanol–water partition coefficient (Wildman–Crippen LogP) is 1.84. The lowest BCUT2D eigenvalue weighted by Gasteiger charge is -2.10. The second kappa shape index (κ2) is 5.59. The SMILES string of the molecule is CCSC(CC)CC(=N)N. The molecule has 0 spiro atoms. The molecule has 0 aromatic carbocycles. The van der Waals surface area contributed by atoms with E-state index in [-0.39, 0.29) is 0 Å². The molecule has 0 rings (SSSR count). The average Bonchev–Trinajstić information content (AvgIpc) is 1.86. The Morgan fingerprint density at radius 3 is 2.50 bits per heavy atom. The average molecular weight is 160 g/mol. The molecule has 1 unspecified atom stereocenters. The molecule has 0 heterocycles. The van der Waals surface area contributed by atoms with Gasteiger partial charge in [-0.2, -0.15) is 11.8 Å². The summed E-state index contributed by atoms with van der Waals surface area (Å²) in [6, 6.07) is 0. The van der Waals surface area contributed by atoms with Gasteiger partial charge in [0.1, 0.15) is 0 Å². The molecular formula is C7H16N2S. The molecule has 0 aliphatic carbocycles. The Labute approximate surface area is 67.1 Å². The summed E-state index contributed by atoms with van der Waals surface area (Å²) in [4.78, 5) is 0. The molecule has 0 bridgehead atoms. The van der Waals surface area contributed by atoms with Crippen molar-refractivity contribution in [3.05, 3.63) is 0 Å². The Hall–Kier alpha value is -0.180. The molecule has 0 fully saturated rings. The fourth-order valence-corrected chi connectivity index (χ4v) is 1.81. The number of amidine groups is 1. The second-order valence-corrected chi connectivity index (χ2v) is 3.79. The summed E-state index contributed by atoms with van der Waals surface area (Å²) < 4.78 is 0. The van der Waals surface area contributed by atoms with E-state index in [4.69, 9.17) is 11.1 Å². The maximum atomic E-state index is 7.07. The first-order valence-corrected chi connectivity index (χ1v) is 4.70. The number of hydrogen-bond donors (Lipinski definition) is 2. The van der Waals surface area contributed by atoms with Gasteiger partial charge in [-0.15, -0.1) is 0 Å². The molecule has 0 saturated heterocycles. The Morgan fingerprint density at radius 2 is 2.20 bits per heavy atom. The predicted molar refractivity (Wildman–Crippen MR) is 48.7 cm³/mol. The van der Waals surface area contributed by atoms with Gasteiger partial charge in [0.2, 0.25) is 0 Å². The van der Waals surface area contributed by atoms with Crippen LogP contribution in [0.1, 0.15) is 26.7 Å². The number of rotatable bonds is 5. The fraction of sp³-hybridized carbons (Fsp3) is 0.857. The Balaban J connectivity index is 3.49. The highest BCUT2D eigenvalue weighted by molar-refractivity contribution is 7.99. The molecule has 0 aliphatic rings. The summed E-state index contributed by atoms with van der Waals surface area (Å²) in [5.74, 6) is 1.43. The first kappa shape index (κ1) is 9.82. The van der Waals surface area contributed by atoms with E-state index in [0.717, 1.165) is 18.6 Å². The van der Waals surface area contributed by atoms with Gasteiger partial charge in [0.25, 0.3) is 0 Å². The molecule has 3 N–H and O–H groups in total. The molecule has 0 aromatic heterocycles. The van der Waals surface area contributed by atoms with Crippen LogP contribution in [-0.4, -0.2) is 16.8 Å². The number of nitrogens with two attached hydrogens (primary N) is 1. The van der Waals surface area contributed by atoms with E-state index in [9.17, 15) is 0 Å². The van der Waals surface area contributed by atoms with E-state index in [2.05, 4.69) is 13.8 Å². The van der Waals surface area contributed by atoms with Crippen molar-refractivity contribution in [1.82, 2.24) is 0 Å². The maximum Gasteiger partial charge on any atom is 0.0916 e. The van der Waals surface area contributed by atoms with Crippen molar-refractivity contribution in [2.45, 2.75) is 31.9 Å². The van der Waals surface area contributed by atoms with E-state index in [1.807, 2.05) is 11.8 Å². The third kappa shape index (κ3) is 4.68. The molecular weight excluding hydrogens is 144 g/mol. The van der Waals surface area contributed by atoms with Gasteiger partial charge in [0.15, 0.2) is 0 Å². The van der Waals surface area contributed by atoms with Crippen LogP contribution in [0.2, 0.25) is 0 Å². The lowest BCUT2D eigenvalue weighted by atomic mass is 10.2. The number of thioether (sulfide) groups is 1. The third-order valence-corrected chi connectivity index (χ3v) is 2.61. The van der Waals surface area contributed by atoms with Gasteiger partial charge in [-0.25, -0.2) is 0 Å². The highest BCUT2D eigenvalue weighted by atomic mass is 32.2. The molecule has 10 heavy (non-hydrogen) atoms. The van der Waals surface area contributed by atoms with E-state index in [0.29, 0.717) is 11.1 Å². The number of nitrogens with one attached hydrogen (secondary N) is 1. The van der Waals surface area contributed by atoms with Crippen LogP contribution in [0.25, 0.3) is 0 Å². The van der Waals surface area contributed by atoms with Crippen LogP contribution in [0.15, 0.2) is 0 Å². The van der Waals surface area contributed by atoms with Gasteiger partial charge >= 0.3 is 0 Å². The monoisotopic (exact) mass is 160 g/mol. The summed E-state index contributed by atoms with van der Waals surface area (Å²) in [5.41, 5.74) is 5.27. The van der Waals surface area contributed by atoms with Crippen LogP contribution >= 0.6 is 11.8 Å². The van der Waals surface area contributed by atoms with Crippen molar-refractivity contribution in [2.24, 2.45) is 5.73 Å². The zero-order valence-electron chi connectivity index (χ0n) is 6.68. The Bertz CT molecular complexity index is 104. The van der Waals surface area contributed by atoms with Crippen LogP contribution in [0.3, 0.4) is 0 Å². The van der Waals surface area contributed by atoms with E-state index in [1.165, 1.54) is 0 Å². The van der Waals surface area contributed by atoms with Crippen LogP contribution < -0.4 is 5.73 Å². The summed E-state index contributed by atoms with van der Waals surface area (Å²) in [6.45, 7) is 4.27. The van der Waals surface area contributed by atoms with Crippen molar-refractivity contribution in [1.29, 1.82) is 5.41 Å². The van der Waals surface area contributed by atoms with E-state index >= 15 is 0 Å². The van der Waals surface area contributed by atoms with E-state index < -0.39 is 0 Å². The lowest BCUT2D eigenvalue weighted by Crippen LogP contribution is -2.16. The van der Waals surface area contributed by atoms with Crippen LogP contribution in [0.4, 0.5) is 0 Å². The van der Waals surface area contributed by atoms with Crippen molar-refractivity contribution in [3.63, 3.8) is 0 Å². The minimum absolute atomic E-state index is 0.313. The molecule has 3 heteroatoms. The summed E-state index contributed by atoms with van der Waals surface area (Å²) in [6.07, 6.45) is 1.85. The summed E-state index contributed by atoms with van der Waals surface area (Å²) in [7, 11) is 0. The first-order valence-electron chi connectivity index (χ1n) is 3.65. The van der Waals surface area contributed by atoms with E-state index in [1.54, 1.807) is 0 Å². The summed E-state index contributed by atoms with van der Waals surface area (Å²) in [5, 5.41) is 7.63. The van der Waals surface area contributed by atoms with Gasteiger partial charge < -0.3 is 5.73 Å². The highest BCUT2D eigenvalue weighted by Crippen LogP contribution is 2.16. The standard InChI is InChI=1S/C7H16N2S/c1-3-6(10-4-2)5-7(8)9/h6H,3-5H2,1-2H3,(H3,8,9). The molecule has 2 nitrogen and oxygen atoms in total. The molecule has 60 valence electrons. The third-order valence-electron chi connectivity index (χ3n) is 1.31. The van der Waals surface area contributed by atoms with Crippen LogP contribution in [0, 0.1) is 5.41 Å². The summed E-state index contributed by atoms with van der Waals surface area (Å²) >= 11 is 1.88. The molecule has 0 radical (unpaired) electrons. The molecule has 1 atom stereocenters. The topological polar surface area (TPSA) is 49.9 Å². The van der Waals surface area contributed by atoms with Crippen molar-refractivity contribution in [2.75, 3.05) is 5.75 Å². The molecule has 0 saturated carbocycles. The van der Waals surface area contributed by atoms with Gasteiger partial charge in [0.05, 0.1) is 5.84 Å². The molecule has 0 amide bonds. The van der Waals surface area contributed by atoms with Crippen molar-refractivity contribution < 1.29 is 0 Å².